The van der Waals surface area contributed by atoms with Crippen molar-refractivity contribution in [3.05, 3.63) is 29.8 Å². The van der Waals surface area contributed by atoms with Crippen LogP contribution in [0.5, 0.6) is 0 Å². The monoisotopic (exact) mass is 339 g/mol. The normalized spacial score (nSPS) is 20.0. The molecule has 0 spiro atoms. The summed E-state index contributed by atoms with van der Waals surface area (Å²) < 4.78 is 26.8. The van der Waals surface area contributed by atoms with Crippen molar-refractivity contribution in [1.29, 1.82) is 0 Å². The van der Waals surface area contributed by atoms with Gasteiger partial charge in [-0.05, 0) is 44.1 Å². The van der Waals surface area contributed by atoms with Crippen LogP contribution in [0.3, 0.4) is 0 Å². The molecule has 22 heavy (non-hydrogen) atoms. The van der Waals surface area contributed by atoms with E-state index >= 15 is 0 Å². The highest BCUT2D eigenvalue weighted by atomic mass is 32.2. The Morgan fingerprint density at radius 1 is 1.14 bits per heavy atom. The predicted molar refractivity (Wildman–Crippen MR) is 90.3 cm³/mol. The first-order chi connectivity index (χ1) is 10.5. The fourth-order valence-electron chi connectivity index (χ4n) is 2.48. The lowest BCUT2D eigenvalue weighted by molar-refractivity contribution is 0.264. The van der Waals surface area contributed by atoms with E-state index in [1.807, 2.05) is 19.1 Å². The van der Waals surface area contributed by atoms with Crippen molar-refractivity contribution >= 4 is 27.4 Å². The van der Waals surface area contributed by atoms with Crippen LogP contribution in [0.2, 0.25) is 0 Å². The SMILES string of the molecule is Cc1ccc(S(=O)(=O)N2CCN(C(=S)NC3CC3)CC2)cc1. The highest BCUT2D eigenvalue weighted by molar-refractivity contribution is 7.89. The summed E-state index contributed by atoms with van der Waals surface area (Å²) in [5, 5.41) is 4.06. The van der Waals surface area contributed by atoms with Crippen LogP contribution >= 0.6 is 12.2 Å². The second-order valence-electron chi connectivity index (χ2n) is 5.93. The molecular weight excluding hydrogens is 318 g/mol. The Balaban J connectivity index is 1.62. The summed E-state index contributed by atoms with van der Waals surface area (Å²) in [6.45, 7) is 4.18. The Kier molecular flexibility index (Phi) is 4.38. The van der Waals surface area contributed by atoms with Crippen molar-refractivity contribution in [3.8, 4) is 0 Å². The van der Waals surface area contributed by atoms with Crippen LogP contribution in [0.15, 0.2) is 29.2 Å². The number of aryl methyl sites for hydroxylation is 1. The molecule has 2 aliphatic rings. The van der Waals surface area contributed by atoms with Crippen LogP contribution in [0.1, 0.15) is 18.4 Å². The first kappa shape index (κ1) is 15.7. The van der Waals surface area contributed by atoms with Gasteiger partial charge in [-0.25, -0.2) is 8.42 Å². The number of benzene rings is 1. The molecule has 0 atom stereocenters. The van der Waals surface area contributed by atoms with Crippen molar-refractivity contribution in [2.75, 3.05) is 26.2 Å². The van der Waals surface area contributed by atoms with E-state index < -0.39 is 10.0 Å². The van der Waals surface area contributed by atoms with Gasteiger partial charge in [-0.1, -0.05) is 17.7 Å². The topological polar surface area (TPSA) is 52.7 Å². The molecule has 120 valence electrons. The molecule has 1 saturated heterocycles. The Labute approximate surface area is 137 Å². The van der Waals surface area contributed by atoms with E-state index in [1.165, 1.54) is 12.8 Å². The lowest BCUT2D eigenvalue weighted by Gasteiger charge is -2.35. The first-order valence-electron chi connectivity index (χ1n) is 7.59. The fraction of sp³-hybridized carbons (Fsp3) is 0.533. The summed E-state index contributed by atoms with van der Waals surface area (Å²) in [4.78, 5) is 2.43. The Bertz CT molecular complexity index is 646. The molecule has 1 aromatic rings. The molecule has 7 heteroatoms. The van der Waals surface area contributed by atoms with Gasteiger partial charge >= 0.3 is 0 Å². The highest BCUT2D eigenvalue weighted by Crippen LogP contribution is 2.21. The summed E-state index contributed by atoms with van der Waals surface area (Å²) in [5.41, 5.74) is 1.06. The largest absolute Gasteiger partial charge is 0.360 e. The number of piperazine rings is 1. The molecule has 1 heterocycles. The third-order valence-corrected chi connectivity index (χ3v) is 6.38. The zero-order valence-electron chi connectivity index (χ0n) is 12.7. The number of thiocarbonyl (C=S) groups is 1. The molecule has 1 aliphatic heterocycles. The molecule has 2 fully saturated rings. The van der Waals surface area contributed by atoms with Crippen LogP contribution in [-0.4, -0.2) is 55.0 Å². The first-order valence-corrected chi connectivity index (χ1v) is 9.44. The minimum Gasteiger partial charge on any atom is -0.360 e. The molecule has 0 radical (unpaired) electrons. The van der Waals surface area contributed by atoms with Gasteiger partial charge < -0.3 is 10.2 Å². The van der Waals surface area contributed by atoms with E-state index in [-0.39, 0.29) is 0 Å². The van der Waals surface area contributed by atoms with Crippen LogP contribution < -0.4 is 5.32 Å². The number of hydrogen-bond acceptors (Lipinski definition) is 3. The van der Waals surface area contributed by atoms with Crippen molar-refractivity contribution in [2.24, 2.45) is 0 Å². The van der Waals surface area contributed by atoms with E-state index in [1.54, 1.807) is 16.4 Å². The maximum Gasteiger partial charge on any atom is 0.243 e. The summed E-state index contributed by atoms with van der Waals surface area (Å²) in [6.07, 6.45) is 2.36. The zero-order valence-corrected chi connectivity index (χ0v) is 14.3. The van der Waals surface area contributed by atoms with Gasteiger partial charge in [0.05, 0.1) is 4.90 Å². The van der Waals surface area contributed by atoms with Gasteiger partial charge in [0.2, 0.25) is 10.0 Å². The van der Waals surface area contributed by atoms with E-state index in [4.69, 9.17) is 12.2 Å². The Morgan fingerprint density at radius 2 is 1.73 bits per heavy atom. The maximum atomic E-state index is 12.6. The molecule has 0 bridgehead atoms. The molecule has 1 N–H and O–H groups in total. The van der Waals surface area contributed by atoms with Gasteiger partial charge in [0.15, 0.2) is 5.11 Å². The second-order valence-corrected chi connectivity index (χ2v) is 8.25. The summed E-state index contributed by atoms with van der Waals surface area (Å²) in [5.74, 6) is 0. The minimum absolute atomic E-state index is 0.366. The van der Waals surface area contributed by atoms with E-state index in [0.29, 0.717) is 37.1 Å². The van der Waals surface area contributed by atoms with Gasteiger partial charge in [-0.2, -0.15) is 4.31 Å². The van der Waals surface area contributed by atoms with Gasteiger partial charge in [-0.15, -0.1) is 0 Å². The molecule has 1 saturated carbocycles. The Morgan fingerprint density at radius 3 is 2.27 bits per heavy atom. The smallest absolute Gasteiger partial charge is 0.243 e. The maximum absolute atomic E-state index is 12.6. The molecule has 0 amide bonds. The minimum atomic E-state index is -3.40. The Hall–Kier alpha value is -1.18. The van der Waals surface area contributed by atoms with E-state index in [2.05, 4.69) is 10.2 Å². The average molecular weight is 339 g/mol. The number of nitrogens with zero attached hydrogens (tertiary/aromatic N) is 2. The van der Waals surface area contributed by atoms with Crippen LogP contribution in [0.25, 0.3) is 0 Å². The zero-order chi connectivity index (χ0) is 15.7. The van der Waals surface area contributed by atoms with Crippen molar-refractivity contribution in [2.45, 2.75) is 30.7 Å². The molecule has 3 rings (SSSR count). The fourth-order valence-corrected chi connectivity index (χ4v) is 4.26. The van der Waals surface area contributed by atoms with E-state index in [9.17, 15) is 8.42 Å². The number of hydrogen-bond donors (Lipinski definition) is 1. The van der Waals surface area contributed by atoms with Gasteiger partial charge in [0, 0.05) is 32.2 Å². The third kappa shape index (κ3) is 3.42. The van der Waals surface area contributed by atoms with Crippen LogP contribution in [0, 0.1) is 6.92 Å². The van der Waals surface area contributed by atoms with Crippen molar-refractivity contribution < 1.29 is 8.42 Å². The predicted octanol–water partition coefficient (Wildman–Crippen LogP) is 1.34. The molecule has 0 aromatic heterocycles. The lowest BCUT2D eigenvalue weighted by atomic mass is 10.2. The molecule has 0 unspecified atom stereocenters. The molecular formula is C15H21N3O2S2. The summed E-state index contributed by atoms with van der Waals surface area (Å²) in [7, 11) is -3.40. The number of rotatable bonds is 3. The summed E-state index contributed by atoms with van der Waals surface area (Å²) in [6, 6.07) is 7.55. The molecule has 1 aliphatic carbocycles. The van der Waals surface area contributed by atoms with Crippen LogP contribution in [-0.2, 0) is 10.0 Å². The van der Waals surface area contributed by atoms with E-state index in [0.717, 1.165) is 10.7 Å². The number of nitrogens with one attached hydrogen (secondary N) is 1. The van der Waals surface area contributed by atoms with Crippen molar-refractivity contribution in [3.63, 3.8) is 0 Å². The quantitative estimate of drug-likeness (QED) is 0.842. The average Bonchev–Trinajstić information content (AvgIpc) is 3.32. The molecule has 5 nitrogen and oxygen atoms in total. The number of sulfonamides is 1. The van der Waals surface area contributed by atoms with Gasteiger partial charge in [0.1, 0.15) is 0 Å². The summed E-state index contributed by atoms with van der Waals surface area (Å²) >= 11 is 5.38. The second kappa shape index (κ2) is 6.14. The van der Waals surface area contributed by atoms with Crippen LogP contribution in [0.4, 0.5) is 0 Å². The third-order valence-electron chi connectivity index (χ3n) is 4.09. The van der Waals surface area contributed by atoms with Crippen molar-refractivity contribution in [1.82, 2.24) is 14.5 Å². The van der Waals surface area contributed by atoms with Gasteiger partial charge in [0.25, 0.3) is 0 Å². The standard InChI is InChI=1S/C15H21N3O2S2/c1-12-2-6-14(7-3-12)22(19,20)18-10-8-17(9-11-18)15(21)16-13-4-5-13/h2-3,6-7,13H,4-5,8-11H2,1H3,(H,16,21). The highest BCUT2D eigenvalue weighted by Gasteiger charge is 2.30. The van der Waals surface area contributed by atoms with Gasteiger partial charge in [-0.3, -0.25) is 0 Å². The molecule has 1 aromatic carbocycles. The lowest BCUT2D eigenvalue weighted by Crippen LogP contribution is -2.53.